The fourth-order valence-corrected chi connectivity index (χ4v) is 2.64. The lowest BCUT2D eigenvalue weighted by Gasteiger charge is -2.10. The van der Waals surface area contributed by atoms with Crippen molar-refractivity contribution in [2.45, 2.75) is 0 Å². The van der Waals surface area contributed by atoms with Crippen molar-refractivity contribution in [2.75, 3.05) is 0 Å². The van der Waals surface area contributed by atoms with E-state index in [-0.39, 0.29) is 11.1 Å². The molecular weight excluding hydrogens is 390 g/mol. The van der Waals surface area contributed by atoms with Crippen LogP contribution in [0.1, 0.15) is 15.9 Å². The van der Waals surface area contributed by atoms with Crippen molar-refractivity contribution in [1.29, 1.82) is 5.26 Å². The molecule has 0 heterocycles. The lowest BCUT2D eigenvalue weighted by Crippen LogP contribution is -1.98. The summed E-state index contributed by atoms with van der Waals surface area (Å²) in [6, 6.07) is 11.4. The fourth-order valence-electron chi connectivity index (χ4n) is 1.52. The topological polar surface area (TPSA) is 70.3 Å². The monoisotopic (exact) mass is 395 g/mol. The van der Waals surface area contributed by atoms with Gasteiger partial charge in [0.05, 0.1) is 15.6 Å². The summed E-state index contributed by atoms with van der Waals surface area (Å²) in [4.78, 5) is 10.9. The maximum atomic E-state index is 10.9. The van der Waals surface area contributed by atoms with Gasteiger partial charge in [-0.25, -0.2) is 4.79 Å². The molecule has 2 aromatic carbocycles. The van der Waals surface area contributed by atoms with E-state index in [1.807, 2.05) is 12.1 Å². The third kappa shape index (κ3) is 3.18. The number of carboxylic acids is 1. The van der Waals surface area contributed by atoms with Gasteiger partial charge in [-0.1, -0.05) is 15.9 Å². The van der Waals surface area contributed by atoms with Crippen molar-refractivity contribution in [3.05, 3.63) is 56.5 Å². The maximum Gasteiger partial charge on any atom is 0.335 e. The Balaban J connectivity index is 2.39. The number of benzene rings is 2. The number of nitriles is 1. The molecule has 0 aliphatic rings. The lowest BCUT2D eigenvalue weighted by molar-refractivity contribution is 0.0697. The zero-order valence-corrected chi connectivity index (χ0v) is 13.1. The minimum atomic E-state index is -1.09. The lowest BCUT2D eigenvalue weighted by atomic mass is 10.1. The molecule has 2 aromatic rings. The van der Waals surface area contributed by atoms with E-state index in [9.17, 15) is 4.79 Å². The van der Waals surface area contributed by atoms with Gasteiger partial charge in [0.25, 0.3) is 0 Å². The zero-order chi connectivity index (χ0) is 14.7. The molecule has 0 saturated carbocycles. The van der Waals surface area contributed by atoms with Gasteiger partial charge in [0.15, 0.2) is 0 Å². The van der Waals surface area contributed by atoms with Crippen LogP contribution in [0.4, 0.5) is 0 Å². The zero-order valence-electron chi connectivity index (χ0n) is 9.93. The van der Waals surface area contributed by atoms with Crippen molar-refractivity contribution in [3.63, 3.8) is 0 Å². The molecular formula is C14H7Br2NO3. The molecule has 0 aliphatic carbocycles. The average molecular weight is 397 g/mol. The summed E-state index contributed by atoms with van der Waals surface area (Å²) in [5.41, 5.74) is 0.212. The summed E-state index contributed by atoms with van der Waals surface area (Å²) < 4.78 is 7.25. The highest BCUT2D eigenvalue weighted by molar-refractivity contribution is 9.11. The summed E-state index contributed by atoms with van der Waals surface area (Å²) in [6.07, 6.45) is 0. The number of rotatable bonds is 3. The van der Waals surface area contributed by atoms with Crippen molar-refractivity contribution in [1.82, 2.24) is 0 Å². The Morgan fingerprint density at radius 2 is 1.85 bits per heavy atom. The minimum Gasteiger partial charge on any atom is -0.478 e. The van der Waals surface area contributed by atoms with E-state index in [2.05, 4.69) is 31.9 Å². The summed E-state index contributed by atoms with van der Waals surface area (Å²) in [6.45, 7) is 0. The highest BCUT2D eigenvalue weighted by atomic mass is 79.9. The number of aromatic carboxylic acids is 1. The number of hydrogen-bond acceptors (Lipinski definition) is 3. The van der Waals surface area contributed by atoms with Gasteiger partial charge in [-0.15, -0.1) is 0 Å². The molecule has 0 amide bonds. The van der Waals surface area contributed by atoms with Crippen LogP contribution in [-0.4, -0.2) is 11.1 Å². The molecule has 1 N–H and O–H groups in total. The maximum absolute atomic E-state index is 10.9. The normalized spacial score (nSPS) is 9.85. The Morgan fingerprint density at radius 3 is 2.45 bits per heavy atom. The molecule has 6 heteroatoms. The molecule has 4 nitrogen and oxygen atoms in total. The first-order chi connectivity index (χ1) is 9.51. The van der Waals surface area contributed by atoms with Crippen LogP contribution < -0.4 is 4.74 Å². The summed E-state index contributed by atoms with van der Waals surface area (Å²) in [5.74, 6) is -0.244. The van der Waals surface area contributed by atoms with Gasteiger partial charge in [0.2, 0.25) is 0 Å². The van der Waals surface area contributed by atoms with Gasteiger partial charge >= 0.3 is 5.97 Å². The first-order valence-corrected chi connectivity index (χ1v) is 7.00. The molecule has 20 heavy (non-hydrogen) atoms. The predicted octanol–water partition coefficient (Wildman–Crippen LogP) is 4.57. The molecule has 0 fully saturated rings. The number of carboxylic acid groups (broad SMARTS) is 1. The van der Waals surface area contributed by atoms with Crippen LogP contribution >= 0.6 is 31.9 Å². The van der Waals surface area contributed by atoms with Crippen LogP contribution in [0.25, 0.3) is 0 Å². The van der Waals surface area contributed by atoms with Crippen molar-refractivity contribution < 1.29 is 14.6 Å². The smallest absolute Gasteiger partial charge is 0.335 e. The summed E-state index contributed by atoms with van der Waals surface area (Å²) >= 11 is 6.69. The Labute approximate surface area is 131 Å². The van der Waals surface area contributed by atoms with Crippen LogP contribution in [0.2, 0.25) is 0 Å². The molecule has 2 rings (SSSR count). The second-order valence-electron chi connectivity index (χ2n) is 3.80. The van der Waals surface area contributed by atoms with Crippen molar-refractivity contribution in [2.24, 2.45) is 0 Å². The minimum absolute atomic E-state index is 0.0452. The number of hydrogen-bond donors (Lipinski definition) is 1. The highest BCUT2D eigenvalue weighted by Gasteiger charge is 2.11. The van der Waals surface area contributed by atoms with Crippen LogP contribution in [-0.2, 0) is 0 Å². The molecule has 0 bridgehead atoms. The largest absolute Gasteiger partial charge is 0.478 e. The van der Waals surface area contributed by atoms with E-state index in [0.717, 1.165) is 8.95 Å². The Bertz CT molecular complexity index is 723. The molecule has 0 aliphatic heterocycles. The van der Waals surface area contributed by atoms with E-state index in [4.69, 9.17) is 15.1 Å². The van der Waals surface area contributed by atoms with Crippen LogP contribution in [0.15, 0.2) is 45.3 Å². The van der Waals surface area contributed by atoms with Gasteiger partial charge in [0, 0.05) is 4.47 Å². The third-order valence-corrected chi connectivity index (χ3v) is 3.57. The molecule has 0 spiro atoms. The van der Waals surface area contributed by atoms with E-state index in [1.54, 1.807) is 12.1 Å². The Kier molecular flexibility index (Phi) is 4.42. The predicted molar refractivity (Wildman–Crippen MR) is 80.0 cm³/mol. The molecule has 0 aromatic heterocycles. The molecule has 0 unspecified atom stereocenters. The Hall–Kier alpha value is -1.84. The van der Waals surface area contributed by atoms with Crippen LogP contribution in [0.3, 0.4) is 0 Å². The standard InChI is InChI=1S/C14H7Br2NO3/c15-10-2-4-13(11(16)6-10)20-12-3-1-8(14(18)19)5-9(12)7-17/h1-6H,(H,18,19). The molecule has 0 atom stereocenters. The molecule has 0 radical (unpaired) electrons. The fraction of sp³-hybridized carbons (Fsp3) is 0. The van der Waals surface area contributed by atoms with E-state index in [0.29, 0.717) is 11.5 Å². The SMILES string of the molecule is N#Cc1cc(C(=O)O)ccc1Oc1ccc(Br)cc1Br. The van der Waals surface area contributed by atoms with E-state index >= 15 is 0 Å². The quantitative estimate of drug-likeness (QED) is 0.824. The van der Waals surface area contributed by atoms with Crippen LogP contribution in [0, 0.1) is 11.3 Å². The molecule has 100 valence electrons. The number of halogens is 2. The van der Waals surface area contributed by atoms with Gasteiger partial charge in [0.1, 0.15) is 17.6 Å². The van der Waals surface area contributed by atoms with E-state index < -0.39 is 5.97 Å². The summed E-state index contributed by atoms with van der Waals surface area (Å²) in [7, 11) is 0. The molecule has 0 saturated heterocycles. The van der Waals surface area contributed by atoms with E-state index in [1.165, 1.54) is 18.2 Å². The number of carbonyl (C=O) groups is 1. The van der Waals surface area contributed by atoms with Gasteiger partial charge in [-0.2, -0.15) is 5.26 Å². The number of nitrogens with zero attached hydrogens (tertiary/aromatic N) is 1. The van der Waals surface area contributed by atoms with Gasteiger partial charge in [-0.05, 0) is 52.3 Å². The second kappa shape index (κ2) is 6.07. The average Bonchev–Trinajstić information content (AvgIpc) is 2.42. The highest BCUT2D eigenvalue weighted by Crippen LogP contribution is 2.33. The Morgan fingerprint density at radius 1 is 1.15 bits per heavy atom. The third-order valence-electron chi connectivity index (χ3n) is 2.46. The first kappa shape index (κ1) is 14.6. The first-order valence-electron chi connectivity index (χ1n) is 5.41. The van der Waals surface area contributed by atoms with Crippen molar-refractivity contribution >= 4 is 37.8 Å². The van der Waals surface area contributed by atoms with Crippen molar-refractivity contribution in [3.8, 4) is 17.6 Å². The summed E-state index contributed by atoms with van der Waals surface area (Å²) in [5, 5.41) is 18.0. The number of ether oxygens (including phenoxy) is 1. The van der Waals surface area contributed by atoms with Gasteiger partial charge < -0.3 is 9.84 Å². The van der Waals surface area contributed by atoms with Gasteiger partial charge in [-0.3, -0.25) is 0 Å². The van der Waals surface area contributed by atoms with Crippen LogP contribution in [0.5, 0.6) is 11.5 Å². The second-order valence-corrected chi connectivity index (χ2v) is 5.57.